The molecule has 0 amide bonds. The molecule has 100 valence electrons. The van der Waals surface area contributed by atoms with Crippen molar-refractivity contribution in [2.24, 2.45) is 5.41 Å². The number of hydrogen-bond donors (Lipinski definition) is 0. The zero-order chi connectivity index (χ0) is 13.3. The second-order valence-corrected chi connectivity index (χ2v) is 5.89. The minimum atomic E-state index is -3.21. The lowest BCUT2D eigenvalue weighted by Crippen LogP contribution is -2.50. The fraction of sp³-hybridized carbons (Fsp3) is 0.900. The molecule has 0 N–H and O–H groups in total. The van der Waals surface area contributed by atoms with Crippen molar-refractivity contribution in [2.75, 3.05) is 19.8 Å². The highest BCUT2D eigenvalue weighted by molar-refractivity contribution is 9.10. The second kappa shape index (κ2) is 4.78. The third-order valence-corrected chi connectivity index (χ3v) is 2.57. The minimum Gasteiger partial charge on any atom is -0.458 e. The number of ether oxygens (including phenoxy) is 3. The van der Waals surface area contributed by atoms with Gasteiger partial charge >= 0.3 is 10.8 Å². The Morgan fingerprint density at radius 1 is 1.35 bits per heavy atom. The van der Waals surface area contributed by atoms with E-state index in [4.69, 9.17) is 9.47 Å². The lowest BCUT2D eigenvalue weighted by molar-refractivity contribution is -0.282. The first-order chi connectivity index (χ1) is 7.54. The highest BCUT2D eigenvalue weighted by Gasteiger charge is 2.44. The van der Waals surface area contributed by atoms with Gasteiger partial charge in [0.2, 0.25) is 0 Å². The summed E-state index contributed by atoms with van der Waals surface area (Å²) in [7, 11) is 0. The average molecular weight is 317 g/mol. The van der Waals surface area contributed by atoms with Crippen LogP contribution in [0, 0.1) is 5.41 Å². The molecule has 1 aliphatic heterocycles. The van der Waals surface area contributed by atoms with Gasteiger partial charge < -0.3 is 14.2 Å². The predicted octanol–water partition coefficient (Wildman–Crippen LogP) is 2.31. The fourth-order valence-corrected chi connectivity index (χ4v) is 1.30. The fourth-order valence-electron chi connectivity index (χ4n) is 1.19. The molecule has 0 aromatic carbocycles. The van der Waals surface area contributed by atoms with E-state index in [1.54, 1.807) is 20.8 Å². The number of alkyl halides is 3. The maximum absolute atomic E-state index is 12.5. The van der Waals surface area contributed by atoms with Crippen LogP contribution in [0.3, 0.4) is 0 Å². The molecule has 0 saturated carbocycles. The SMILES string of the molecule is CC1(C)OCC(C)(C(=O)OCC(F)(F)Br)CO1. The molecule has 1 rings (SSSR count). The summed E-state index contributed by atoms with van der Waals surface area (Å²) < 4.78 is 40.1. The van der Waals surface area contributed by atoms with E-state index < -0.39 is 28.6 Å². The third-order valence-electron chi connectivity index (χ3n) is 2.34. The Labute approximate surface area is 107 Å². The van der Waals surface area contributed by atoms with E-state index in [2.05, 4.69) is 20.7 Å². The van der Waals surface area contributed by atoms with E-state index in [0.717, 1.165) is 0 Å². The molecule has 7 heteroatoms. The second-order valence-electron chi connectivity index (χ2n) is 4.73. The highest BCUT2D eigenvalue weighted by atomic mass is 79.9. The number of esters is 1. The molecule has 0 atom stereocenters. The van der Waals surface area contributed by atoms with Crippen molar-refractivity contribution >= 4 is 21.9 Å². The van der Waals surface area contributed by atoms with Crippen LogP contribution in [0.2, 0.25) is 0 Å². The maximum atomic E-state index is 12.5. The van der Waals surface area contributed by atoms with Gasteiger partial charge in [-0.1, -0.05) is 0 Å². The van der Waals surface area contributed by atoms with E-state index in [0.29, 0.717) is 0 Å². The molecular formula is C10H15BrF2O4. The van der Waals surface area contributed by atoms with Crippen LogP contribution in [-0.4, -0.2) is 36.4 Å². The van der Waals surface area contributed by atoms with Crippen LogP contribution in [0.25, 0.3) is 0 Å². The molecule has 0 radical (unpaired) electrons. The Morgan fingerprint density at radius 3 is 2.24 bits per heavy atom. The summed E-state index contributed by atoms with van der Waals surface area (Å²) >= 11 is 2.09. The number of hydrogen-bond acceptors (Lipinski definition) is 4. The van der Waals surface area contributed by atoms with Gasteiger partial charge in [-0.25, -0.2) is 0 Å². The summed E-state index contributed by atoms with van der Waals surface area (Å²) in [6.07, 6.45) is 0. The van der Waals surface area contributed by atoms with E-state index in [9.17, 15) is 13.6 Å². The largest absolute Gasteiger partial charge is 0.458 e. The molecule has 1 heterocycles. The van der Waals surface area contributed by atoms with E-state index in [-0.39, 0.29) is 13.2 Å². The summed E-state index contributed by atoms with van der Waals surface area (Å²) in [5.74, 6) is -1.52. The average Bonchev–Trinajstić information content (AvgIpc) is 2.18. The highest BCUT2D eigenvalue weighted by Crippen LogP contribution is 2.31. The van der Waals surface area contributed by atoms with Gasteiger partial charge in [-0.2, -0.15) is 8.78 Å². The van der Waals surface area contributed by atoms with Crippen LogP contribution in [-0.2, 0) is 19.0 Å². The Kier molecular flexibility index (Phi) is 4.16. The summed E-state index contributed by atoms with van der Waals surface area (Å²) in [6.45, 7) is 4.12. The van der Waals surface area contributed by atoms with Gasteiger partial charge in [-0.15, -0.1) is 0 Å². The van der Waals surface area contributed by atoms with E-state index >= 15 is 0 Å². The standard InChI is InChI=1S/C10H15BrF2O4/c1-8(2)16-4-9(3,5-17-8)7(14)15-6-10(11,12)13/h4-6H2,1-3H3. The van der Waals surface area contributed by atoms with Crippen LogP contribution in [0.15, 0.2) is 0 Å². The van der Waals surface area contributed by atoms with E-state index in [1.165, 1.54) is 0 Å². The smallest absolute Gasteiger partial charge is 0.334 e. The first kappa shape index (κ1) is 14.8. The number of rotatable bonds is 3. The van der Waals surface area contributed by atoms with Crippen molar-refractivity contribution in [3.8, 4) is 0 Å². The molecule has 4 nitrogen and oxygen atoms in total. The topological polar surface area (TPSA) is 44.8 Å². The molecule has 1 aliphatic rings. The molecule has 0 aromatic rings. The Morgan fingerprint density at radius 2 is 1.82 bits per heavy atom. The number of carbonyl (C=O) groups excluding carboxylic acids is 1. The molecule has 0 aromatic heterocycles. The molecule has 0 bridgehead atoms. The molecule has 17 heavy (non-hydrogen) atoms. The van der Waals surface area contributed by atoms with Gasteiger partial charge in [-0.05, 0) is 36.7 Å². The molecular weight excluding hydrogens is 302 g/mol. The molecule has 0 spiro atoms. The molecule has 1 fully saturated rings. The quantitative estimate of drug-likeness (QED) is 0.592. The van der Waals surface area contributed by atoms with Crippen molar-refractivity contribution in [3.05, 3.63) is 0 Å². The van der Waals surface area contributed by atoms with Crippen LogP contribution < -0.4 is 0 Å². The van der Waals surface area contributed by atoms with Gasteiger partial charge in [0.25, 0.3) is 0 Å². The Balaban J connectivity index is 2.52. The Hall–Kier alpha value is -0.270. The summed E-state index contributed by atoms with van der Waals surface area (Å²) in [6, 6.07) is 0. The predicted molar refractivity (Wildman–Crippen MR) is 58.9 cm³/mol. The van der Waals surface area contributed by atoms with Crippen LogP contribution >= 0.6 is 15.9 Å². The zero-order valence-electron chi connectivity index (χ0n) is 9.89. The molecule has 0 aliphatic carbocycles. The first-order valence-electron chi connectivity index (χ1n) is 5.06. The lowest BCUT2D eigenvalue weighted by atomic mass is 9.92. The third kappa shape index (κ3) is 4.48. The first-order valence-corrected chi connectivity index (χ1v) is 5.85. The lowest BCUT2D eigenvalue weighted by Gasteiger charge is -2.39. The van der Waals surface area contributed by atoms with E-state index in [1.807, 2.05) is 0 Å². The van der Waals surface area contributed by atoms with Gasteiger partial charge in [-0.3, -0.25) is 4.79 Å². The summed E-state index contributed by atoms with van der Waals surface area (Å²) in [5.41, 5.74) is -1.05. The normalized spacial score (nSPS) is 23.2. The Bertz CT molecular complexity index is 291. The molecule has 0 unspecified atom stereocenters. The zero-order valence-corrected chi connectivity index (χ0v) is 11.5. The van der Waals surface area contributed by atoms with Crippen LogP contribution in [0.1, 0.15) is 20.8 Å². The van der Waals surface area contributed by atoms with Crippen molar-refractivity contribution in [2.45, 2.75) is 31.4 Å². The monoisotopic (exact) mass is 316 g/mol. The number of halogens is 3. The van der Waals surface area contributed by atoms with Crippen LogP contribution in [0.5, 0.6) is 0 Å². The van der Waals surface area contributed by atoms with Crippen molar-refractivity contribution < 1.29 is 27.8 Å². The number of carbonyl (C=O) groups is 1. The van der Waals surface area contributed by atoms with Crippen molar-refractivity contribution in [3.63, 3.8) is 0 Å². The maximum Gasteiger partial charge on any atom is 0.334 e. The van der Waals surface area contributed by atoms with Gasteiger partial charge in [0, 0.05) is 0 Å². The molecule has 1 saturated heterocycles. The minimum absolute atomic E-state index is 0.0761. The van der Waals surface area contributed by atoms with Gasteiger partial charge in [0.15, 0.2) is 12.4 Å². The summed E-state index contributed by atoms with van der Waals surface area (Å²) in [4.78, 5) is 8.43. The van der Waals surface area contributed by atoms with Gasteiger partial charge in [0.1, 0.15) is 5.41 Å². The van der Waals surface area contributed by atoms with Gasteiger partial charge in [0.05, 0.1) is 13.2 Å². The van der Waals surface area contributed by atoms with Crippen LogP contribution in [0.4, 0.5) is 8.78 Å². The van der Waals surface area contributed by atoms with Crippen molar-refractivity contribution in [1.82, 2.24) is 0 Å². The summed E-state index contributed by atoms with van der Waals surface area (Å²) in [5, 5.41) is 0. The van der Waals surface area contributed by atoms with Crippen molar-refractivity contribution in [1.29, 1.82) is 0 Å².